The van der Waals surface area contributed by atoms with Crippen molar-refractivity contribution in [1.29, 1.82) is 0 Å². The highest BCUT2D eigenvalue weighted by molar-refractivity contribution is 6.30. The lowest BCUT2D eigenvalue weighted by Gasteiger charge is -2.10. The molecule has 0 saturated heterocycles. The van der Waals surface area contributed by atoms with Crippen LogP contribution in [0.3, 0.4) is 0 Å². The second-order valence-corrected chi connectivity index (χ2v) is 5.84. The Morgan fingerprint density at radius 3 is 2.38 bits per heavy atom. The van der Waals surface area contributed by atoms with Gasteiger partial charge in [0.25, 0.3) is 0 Å². The van der Waals surface area contributed by atoms with Crippen molar-refractivity contribution >= 4 is 29.5 Å². The number of carbonyl (C=O) groups is 1. The molecule has 26 heavy (non-hydrogen) atoms. The highest BCUT2D eigenvalue weighted by atomic mass is 35.5. The van der Waals surface area contributed by atoms with E-state index in [0.717, 1.165) is 11.3 Å². The monoisotopic (exact) mass is 365 g/mol. The third-order valence-electron chi connectivity index (χ3n) is 3.59. The molecular weight excluding hydrogens is 350 g/mol. The minimum absolute atomic E-state index is 0.352. The molecule has 0 spiro atoms. The lowest BCUT2D eigenvalue weighted by Crippen LogP contribution is -2.09. The third kappa shape index (κ3) is 4.49. The number of halogens is 1. The van der Waals surface area contributed by atoms with E-state index in [2.05, 4.69) is 4.99 Å². The molecule has 0 fully saturated rings. The van der Waals surface area contributed by atoms with Crippen LogP contribution in [0, 0.1) is 0 Å². The summed E-state index contributed by atoms with van der Waals surface area (Å²) < 4.78 is 10.8. The topological polar surface area (TPSA) is 47.9 Å². The Morgan fingerprint density at radius 1 is 0.962 bits per heavy atom. The Labute approximate surface area is 156 Å². The Bertz CT molecular complexity index is 922. The summed E-state index contributed by atoms with van der Waals surface area (Å²) in [5.74, 6) is 0.366. The summed E-state index contributed by atoms with van der Waals surface area (Å²) >= 11 is 5.86. The number of esters is 1. The predicted octanol–water partition coefficient (Wildman–Crippen LogP) is 5.32. The van der Waals surface area contributed by atoms with Crippen LogP contribution in [0.25, 0.3) is 0 Å². The van der Waals surface area contributed by atoms with Crippen LogP contribution in [-0.2, 0) is 0 Å². The van der Waals surface area contributed by atoms with Crippen LogP contribution in [0.4, 0.5) is 5.69 Å². The number of rotatable bonds is 5. The van der Waals surface area contributed by atoms with E-state index in [1.54, 1.807) is 60.8 Å². The number of methoxy groups -OCH3 is 1. The maximum absolute atomic E-state index is 12.2. The highest BCUT2D eigenvalue weighted by Crippen LogP contribution is 2.28. The number of ether oxygens (including phenoxy) is 2. The van der Waals surface area contributed by atoms with Crippen LogP contribution in [0.1, 0.15) is 15.9 Å². The molecule has 3 aromatic carbocycles. The Kier molecular flexibility index (Phi) is 5.66. The minimum Gasteiger partial charge on any atom is -0.493 e. The standard InChI is InChI=1S/C21H16ClNO3/c1-25-20-13-15(14-23-18-10-8-17(22)9-11-18)7-12-19(20)26-21(24)16-5-3-2-4-6-16/h2-14H,1H3. The lowest BCUT2D eigenvalue weighted by molar-refractivity contribution is 0.0729. The van der Waals surface area contributed by atoms with Gasteiger partial charge in [-0.05, 0) is 60.2 Å². The van der Waals surface area contributed by atoms with Crippen molar-refractivity contribution in [3.8, 4) is 11.5 Å². The van der Waals surface area contributed by atoms with Crippen molar-refractivity contribution in [2.75, 3.05) is 7.11 Å². The van der Waals surface area contributed by atoms with E-state index in [1.807, 2.05) is 18.2 Å². The zero-order valence-corrected chi connectivity index (χ0v) is 14.8. The maximum Gasteiger partial charge on any atom is 0.343 e. The number of hydrogen-bond acceptors (Lipinski definition) is 4. The number of aliphatic imine (C=N–C) groups is 1. The lowest BCUT2D eigenvalue weighted by atomic mass is 10.2. The molecule has 5 heteroatoms. The molecule has 0 aliphatic carbocycles. The van der Waals surface area contributed by atoms with Crippen LogP contribution >= 0.6 is 11.6 Å². The van der Waals surface area contributed by atoms with Gasteiger partial charge in [-0.2, -0.15) is 0 Å². The van der Waals surface area contributed by atoms with Gasteiger partial charge in [-0.3, -0.25) is 4.99 Å². The molecule has 130 valence electrons. The first-order valence-corrected chi connectivity index (χ1v) is 8.28. The summed E-state index contributed by atoms with van der Waals surface area (Å²) in [7, 11) is 1.52. The maximum atomic E-state index is 12.2. The van der Waals surface area contributed by atoms with Crippen molar-refractivity contribution in [2.24, 2.45) is 4.99 Å². The van der Waals surface area contributed by atoms with Crippen LogP contribution in [0.5, 0.6) is 11.5 Å². The van der Waals surface area contributed by atoms with Gasteiger partial charge >= 0.3 is 5.97 Å². The fourth-order valence-corrected chi connectivity index (χ4v) is 2.38. The van der Waals surface area contributed by atoms with E-state index in [9.17, 15) is 4.79 Å². The van der Waals surface area contributed by atoms with Crippen molar-refractivity contribution < 1.29 is 14.3 Å². The molecule has 0 aromatic heterocycles. The molecule has 0 aliphatic heterocycles. The van der Waals surface area contributed by atoms with E-state index >= 15 is 0 Å². The zero-order chi connectivity index (χ0) is 18.4. The third-order valence-corrected chi connectivity index (χ3v) is 3.84. The summed E-state index contributed by atoms with van der Waals surface area (Å²) in [4.78, 5) is 16.6. The minimum atomic E-state index is -0.438. The van der Waals surface area contributed by atoms with E-state index < -0.39 is 5.97 Å². The van der Waals surface area contributed by atoms with Gasteiger partial charge in [0.05, 0.1) is 18.4 Å². The van der Waals surface area contributed by atoms with Crippen molar-refractivity contribution in [3.05, 3.63) is 88.9 Å². The Hall–Kier alpha value is -3.11. The van der Waals surface area contributed by atoms with Crippen LogP contribution in [0.2, 0.25) is 5.02 Å². The molecule has 0 amide bonds. The first kappa shape index (κ1) is 17.7. The van der Waals surface area contributed by atoms with Gasteiger partial charge in [-0.25, -0.2) is 4.79 Å². The van der Waals surface area contributed by atoms with E-state index in [4.69, 9.17) is 21.1 Å². The quantitative estimate of drug-likeness (QED) is 0.349. The molecule has 0 radical (unpaired) electrons. The molecular formula is C21H16ClNO3. The zero-order valence-electron chi connectivity index (χ0n) is 14.1. The van der Waals surface area contributed by atoms with Gasteiger partial charge in [0, 0.05) is 11.2 Å². The van der Waals surface area contributed by atoms with E-state index in [-0.39, 0.29) is 0 Å². The van der Waals surface area contributed by atoms with Gasteiger partial charge in [0.2, 0.25) is 0 Å². The van der Waals surface area contributed by atoms with E-state index in [1.165, 1.54) is 7.11 Å². The van der Waals surface area contributed by atoms with Crippen LogP contribution in [0.15, 0.2) is 77.8 Å². The number of benzene rings is 3. The molecule has 3 aromatic rings. The van der Waals surface area contributed by atoms with Crippen LogP contribution < -0.4 is 9.47 Å². The largest absolute Gasteiger partial charge is 0.493 e. The molecule has 0 unspecified atom stereocenters. The van der Waals surface area contributed by atoms with Gasteiger partial charge in [-0.15, -0.1) is 0 Å². The van der Waals surface area contributed by atoms with Crippen molar-refractivity contribution in [2.45, 2.75) is 0 Å². The molecule has 3 rings (SSSR count). The first-order valence-electron chi connectivity index (χ1n) is 7.90. The molecule has 0 N–H and O–H groups in total. The second kappa shape index (κ2) is 8.32. The van der Waals surface area contributed by atoms with Gasteiger partial charge in [0.1, 0.15) is 0 Å². The van der Waals surface area contributed by atoms with E-state index in [0.29, 0.717) is 22.1 Å². The summed E-state index contributed by atoms with van der Waals surface area (Å²) in [5, 5.41) is 0.662. The average Bonchev–Trinajstić information content (AvgIpc) is 2.69. The highest BCUT2D eigenvalue weighted by Gasteiger charge is 2.12. The van der Waals surface area contributed by atoms with Crippen LogP contribution in [-0.4, -0.2) is 19.3 Å². The van der Waals surface area contributed by atoms with Gasteiger partial charge < -0.3 is 9.47 Å². The second-order valence-electron chi connectivity index (χ2n) is 5.40. The Balaban J connectivity index is 1.77. The van der Waals surface area contributed by atoms with Crippen molar-refractivity contribution in [1.82, 2.24) is 0 Å². The summed E-state index contributed by atoms with van der Waals surface area (Å²) in [6.07, 6.45) is 1.70. The summed E-state index contributed by atoms with van der Waals surface area (Å²) in [6.45, 7) is 0. The van der Waals surface area contributed by atoms with Gasteiger partial charge in [-0.1, -0.05) is 29.8 Å². The summed E-state index contributed by atoms with van der Waals surface area (Å²) in [6, 6.07) is 21.2. The SMILES string of the molecule is COc1cc(C=Nc2ccc(Cl)cc2)ccc1OC(=O)c1ccccc1. The normalized spacial score (nSPS) is 10.7. The number of hydrogen-bond donors (Lipinski definition) is 0. The predicted molar refractivity (Wildman–Crippen MR) is 103 cm³/mol. The number of carbonyl (C=O) groups excluding carboxylic acids is 1. The first-order chi connectivity index (χ1) is 12.7. The van der Waals surface area contributed by atoms with Crippen molar-refractivity contribution in [3.63, 3.8) is 0 Å². The fourth-order valence-electron chi connectivity index (χ4n) is 2.26. The fraction of sp³-hybridized carbons (Fsp3) is 0.0476. The molecule has 0 saturated carbocycles. The summed E-state index contributed by atoms with van der Waals surface area (Å²) in [5.41, 5.74) is 2.08. The van der Waals surface area contributed by atoms with Gasteiger partial charge in [0.15, 0.2) is 11.5 Å². The molecule has 0 aliphatic rings. The molecule has 0 bridgehead atoms. The number of nitrogens with zero attached hydrogens (tertiary/aromatic N) is 1. The molecule has 0 heterocycles. The average molecular weight is 366 g/mol. The molecule has 0 atom stereocenters. The Morgan fingerprint density at radius 2 is 1.69 bits per heavy atom. The molecule has 4 nitrogen and oxygen atoms in total. The smallest absolute Gasteiger partial charge is 0.343 e.